The zero-order valence-corrected chi connectivity index (χ0v) is 17.9. The van der Waals surface area contributed by atoms with Gasteiger partial charge in [0.15, 0.2) is 0 Å². The Kier molecular flexibility index (Phi) is 5.53. The zero-order chi connectivity index (χ0) is 22.8. The predicted molar refractivity (Wildman–Crippen MR) is 125 cm³/mol. The summed E-state index contributed by atoms with van der Waals surface area (Å²) in [5.74, 6) is -1.31. The van der Waals surface area contributed by atoms with Crippen molar-refractivity contribution in [3.8, 4) is 11.1 Å². The van der Waals surface area contributed by atoms with Crippen LogP contribution >= 0.6 is 0 Å². The minimum absolute atomic E-state index is 0.0692. The van der Waals surface area contributed by atoms with Gasteiger partial charge in [-0.1, -0.05) is 91.0 Å². The topological polar surface area (TPSA) is 78.5 Å². The van der Waals surface area contributed by atoms with E-state index in [1.807, 2.05) is 66.7 Å². The minimum Gasteiger partial charge on any atom is -0.550 e. The van der Waals surface area contributed by atoms with Crippen LogP contribution in [-0.2, 0) is 9.53 Å². The van der Waals surface area contributed by atoms with Crippen LogP contribution in [0, 0.1) is 0 Å². The second-order valence-corrected chi connectivity index (χ2v) is 8.17. The minimum atomic E-state index is -1.24. The molecule has 1 atom stereocenters. The van der Waals surface area contributed by atoms with Gasteiger partial charge < -0.3 is 20.0 Å². The standard InChI is InChI=1S/C28H23NO4/c30-27(31)16-26(24-15-7-9-18-8-1-2-10-19(18)24)29-28(32)33-17-25-22-13-5-3-11-20(22)21-12-4-6-14-23(21)25/h1-15,25-26H,16-17H2,(H,29,32)(H,30,31)/p-1/t26-/m1/s1. The molecule has 0 heterocycles. The number of carboxylic acid groups (broad SMARTS) is 1. The Bertz CT molecular complexity index is 1300. The fraction of sp³-hybridized carbons (Fsp3) is 0.143. The summed E-state index contributed by atoms with van der Waals surface area (Å²) in [6.07, 6.45) is -1.01. The van der Waals surface area contributed by atoms with Crippen molar-refractivity contribution in [2.24, 2.45) is 0 Å². The highest BCUT2D eigenvalue weighted by atomic mass is 16.5. The molecule has 0 aromatic heterocycles. The highest BCUT2D eigenvalue weighted by Crippen LogP contribution is 2.44. The Balaban J connectivity index is 1.36. The predicted octanol–water partition coefficient (Wildman–Crippen LogP) is 4.56. The van der Waals surface area contributed by atoms with E-state index in [0.29, 0.717) is 5.56 Å². The van der Waals surface area contributed by atoms with Gasteiger partial charge in [-0.05, 0) is 38.6 Å². The molecule has 33 heavy (non-hydrogen) atoms. The van der Waals surface area contributed by atoms with Crippen LogP contribution in [-0.4, -0.2) is 18.7 Å². The maximum atomic E-state index is 12.8. The van der Waals surface area contributed by atoms with Crippen LogP contribution in [0.4, 0.5) is 4.79 Å². The Labute approximate surface area is 191 Å². The van der Waals surface area contributed by atoms with Gasteiger partial charge in [0.1, 0.15) is 6.61 Å². The first-order valence-corrected chi connectivity index (χ1v) is 10.9. The third kappa shape index (κ3) is 4.05. The zero-order valence-electron chi connectivity index (χ0n) is 17.9. The molecule has 1 aliphatic carbocycles. The van der Waals surface area contributed by atoms with Crippen LogP contribution in [0.3, 0.4) is 0 Å². The number of hydrogen-bond acceptors (Lipinski definition) is 4. The maximum Gasteiger partial charge on any atom is 0.407 e. The number of carboxylic acids is 1. The Morgan fingerprint density at radius 1 is 0.818 bits per heavy atom. The van der Waals surface area contributed by atoms with E-state index >= 15 is 0 Å². The lowest BCUT2D eigenvalue weighted by molar-refractivity contribution is -0.306. The van der Waals surface area contributed by atoms with Crippen molar-refractivity contribution < 1.29 is 19.4 Å². The first-order chi connectivity index (χ1) is 16.1. The number of aliphatic carboxylic acids is 1. The van der Waals surface area contributed by atoms with Gasteiger partial charge in [0.2, 0.25) is 0 Å². The molecule has 5 rings (SSSR count). The molecule has 4 aromatic carbocycles. The van der Waals surface area contributed by atoms with Crippen molar-refractivity contribution in [1.29, 1.82) is 0 Å². The highest BCUT2D eigenvalue weighted by Gasteiger charge is 2.29. The summed E-state index contributed by atoms with van der Waals surface area (Å²) >= 11 is 0. The maximum absolute atomic E-state index is 12.8. The summed E-state index contributed by atoms with van der Waals surface area (Å²) in [7, 11) is 0. The molecule has 0 radical (unpaired) electrons. The van der Waals surface area contributed by atoms with E-state index in [9.17, 15) is 14.7 Å². The SMILES string of the molecule is O=C([O-])C[C@@H](NC(=O)OCC1c2ccccc2-c2ccccc21)c1cccc2ccccc12. The number of carbonyl (C=O) groups excluding carboxylic acids is 2. The lowest BCUT2D eigenvalue weighted by Gasteiger charge is -2.22. The van der Waals surface area contributed by atoms with Gasteiger partial charge >= 0.3 is 6.09 Å². The summed E-state index contributed by atoms with van der Waals surface area (Å²) in [6, 6.07) is 28.7. The molecule has 0 fully saturated rings. The van der Waals surface area contributed by atoms with E-state index in [4.69, 9.17) is 4.74 Å². The van der Waals surface area contributed by atoms with Gasteiger partial charge in [0, 0.05) is 18.3 Å². The van der Waals surface area contributed by atoms with E-state index in [1.165, 1.54) is 0 Å². The third-order valence-corrected chi connectivity index (χ3v) is 6.21. The number of benzene rings is 4. The molecule has 0 saturated heterocycles. The average Bonchev–Trinajstić information content (AvgIpc) is 3.15. The van der Waals surface area contributed by atoms with E-state index in [-0.39, 0.29) is 18.9 Å². The van der Waals surface area contributed by atoms with Crippen molar-refractivity contribution in [1.82, 2.24) is 5.32 Å². The normalized spacial score (nSPS) is 13.2. The number of fused-ring (bicyclic) bond motifs is 4. The number of amides is 1. The Hall–Kier alpha value is -4.12. The van der Waals surface area contributed by atoms with E-state index in [2.05, 4.69) is 29.6 Å². The largest absolute Gasteiger partial charge is 0.550 e. The van der Waals surface area contributed by atoms with Gasteiger partial charge in [0.25, 0.3) is 0 Å². The fourth-order valence-electron chi connectivity index (χ4n) is 4.74. The lowest BCUT2D eigenvalue weighted by atomic mass is 9.97. The smallest absolute Gasteiger partial charge is 0.407 e. The van der Waals surface area contributed by atoms with Gasteiger partial charge in [0.05, 0.1) is 6.04 Å². The lowest BCUT2D eigenvalue weighted by Crippen LogP contribution is -2.35. The van der Waals surface area contributed by atoms with Gasteiger partial charge in [-0.15, -0.1) is 0 Å². The molecule has 1 N–H and O–H groups in total. The summed E-state index contributed by atoms with van der Waals surface area (Å²) in [5, 5.41) is 16.0. The van der Waals surface area contributed by atoms with Crippen molar-refractivity contribution in [2.45, 2.75) is 18.4 Å². The van der Waals surface area contributed by atoms with Crippen molar-refractivity contribution in [3.63, 3.8) is 0 Å². The number of carbonyl (C=O) groups is 2. The molecule has 164 valence electrons. The first kappa shape index (κ1) is 20.8. The summed E-state index contributed by atoms with van der Waals surface area (Å²) in [4.78, 5) is 24.2. The van der Waals surface area contributed by atoms with Crippen molar-refractivity contribution >= 4 is 22.8 Å². The fourth-order valence-corrected chi connectivity index (χ4v) is 4.74. The molecule has 5 nitrogen and oxygen atoms in total. The number of rotatable bonds is 6. The van der Waals surface area contributed by atoms with Gasteiger partial charge in [-0.25, -0.2) is 4.79 Å². The monoisotopic (exact) mass is 436 g/mol. The molecule has 0 unspecified atom stereocenters. The highest BCUT2D eigenvalue weighted by molar-refractivity contribution is 5.87. The Morgan fingerprint density at radius 2 is 1.42 bits per heavy atom. The molecular weight excluding hydrogens is 414 g/mol. The molecular formula is C28H22NO4-. The molecule has 5 heteroatoms. The number of hydrogen-bond donors (Lipinski definition) is 1. The van der Waals surface area contributed by atoms with Crippen LogP contribution in [0.1, 0.15) is 35.1 Å². The first-order valence-electron chi connectivity index (χ1n) is 10.9. The van der Waals surface area contributed by atoms with E-state index in [1.54, 1.807) is 0 Å². The molecule has 0 bridgehead atoms. The summed E-state index contributed by atoms with van der Waals surface area (Å²) < 4.78 is 5.62. The molecule has 1 aliphatic rings. The molecule has 0 spiro atoms. The summed E-state index contributed by atoms with van der Waals surface area (Å²) in [5.41, 5.74) is 5.24. The quantitative estimate of drug-likeness (QED) is 0.481. The molecule has 4 aromatic rings. The van der Waals surface area contributed by atoms with Crippen LogP contribution in [0.25, 0.3) is 21.9 Å². The molecule has 0 aliphatic heterocycles. The van der Waals surface area contributed by atoms with Crippen LogP contribution in [0.2, 0.25) is 0 Å². The van der Waals surface area contributed by atoms with Crippen molar-refractivity contribution in [2.75, 3.05) is 6.61 Å². The van der Waals surface area contributed by atoms with Crippen molar-refractivity contribution in [3.05, 3.63) is 108 Å². The number of nitrogens with one attached hydrogen (secondary N) is 1. The third-order valence-electron chi connectivity index (χ3n) is 6.21. The summed E-state index contributed by atoms with van der Waals surface area (Å²) in [6.45, 7) is 0.160. The number of ether oxygens (including phenoxy) is 1. The van der Waals surface area contributed by atoms with Gasteiger partial charge in [-0.3, -0.25) is 0 Å². The number of alkyl carbamates (subject to hydrolysis) is 1. The van der Waals surface area contributed by atoms with Crippen LogP contribution in [0.15, 0.2) is 91.0 Å². The van der Waals surface area contributed by atoms with Crippen LogP contribution < -0.4 is 10.4 Å². The van der Waals surface area contributed by atoms with E-state index in [0.717, 1.165) is 33.0 Å². The van der Waals surface area contributed by atoms with E-state index < -0.39 is 18.1 Å². The second-order valence-electron chi connectivity index (χ2n) is 8.17. The molecule has 0 saturated carbocycles. The molecule has 1 amide bonds. The average molecular weight is 436 g/mol. The van der Waals surface area contributed by atoms with Gasteiger partial charge in [-0.2, -0.15) is 0 Å². The second kappa shape index (κ2) is 8.79. The Morgan fingerprint density at radius 3 is 2.12 bits per heavy atom. The van der Waals surface area contributed by atoms with Crippen LogP contribution in [0.5, 0.6) is 0 Å².